The lowest BCUT2D eigenvalue weighted by atomic mass is 9.90. The van der Waals surface area contributed by atoms with Crippen molar-refractivity contribution >= 4 is 121 Å². The second kappa shape index (κ2) is 34.4. The highest BCUT2D eigenvalue weighted by Crippen LogP contribution is 2.53. The van der Waals surface area contributed by atoms with Crippen LogP contribution in [0.2, 0.25) is 0 Å². The van der Waals surface area contributed by atoms with Gasteiger partial charge in [-0.2, -0.15) is 0 Å². The van der Waals surface area contributed by atoms with E-state index in [9.17, 15) is 0 Å². The molecule has 0 atom stereocenters. The first kappa shape index (κ1) is 80.1. The number of fused-ring (bicyclic) bond motifs is 4. The summed E-state index contributed by atoms with van der Waals surface area (Å²) in [6, 6.07) is 195. The largest absolute Gasteiger partial charge is 0.311 e. The molecule has 0 aliphatic rings. The van der Waals surface area contributed by atoms with E-state index in [0.717, 1.165) is 67.8 Å². The summed E-state index contributed by atoms with van der Waals surface area (Å²) in [6.07, 6.45) is 0. The molecule has 2 aromatic heterocycles. The highest BCUT2D eigenvalue weighted by molar-refractivity contribution is 6.33. The lowest BCUT2D eigenvalue weighted by molar-refractivity contribution is 1.14. The zero-order valence-electron chi connectivity index (χ0n) is 74.6. The van der Waals surface area contributed by atoms with Gasteiger partial charge in [0.1, 0.15) is 0 Å². The number of anilines is 6. The van der Waals surface area contributed by atoms with Crippen molar-refractivity contribution in [2.24, 2.45) is 0 Å². The highest BCUT2D eigenvalue weighted by Gasteiger charge is 2.29. The number of hydrogen-bond donors (Lipinski definition) is 0. The fourth-order valence-corrected chi connectivity index (χ4v) is 21.1. The Morgan fingerprint density at radius 3 is 0.713 bits per heavy atom. The fourth-order valence-electron chi connectivity index (χ4n) is 21.1. The molecule has 0 saturated heterocycles. The second-order valence-electron chi connectivity index (χ2n) is 35.3. The van der Waals surface area contributed by atoms with E-state index in [0.29, 0.717) is 0 Å². The predicted octanol–water partition coefficient (Wildman–Crippen LogP) is 36.7. The highest BCUT2D eigenvalue weighted by atomic mass is 15.1. The van der Waals surface area contributed by atoms with Crippen molar-refractivity contribution < 1.29 is 0 Å². The second-order valence-corrected chi connectivity index (χ2v) is 35.3. The van der Waals surface area contributed by atoms with Crippen LogP contribution in [0, 0.1) is 0 Å². The molecule has 0 amide bonds. The van der Waals surface area contributed by atoms with Crippen molar-refractivity contribution in [2.45, 2.75) is 0 Å². The van der Waals surface area contributed by atoms with Crippen LogP contribution in [0.4, 0.5) is 34.1 Å². The summed E-state index contributed by atoms with van der Waals surface area (Å²) in [6.45, 7) is 0. The van der Waals surface area contributed by atoms with Crippen molar-refractivity contribution in [1.29, 1.82) is 0 Å². The Labute approximate surface area is 790 Å². The Hall–Kier alpha value is -18.0. The van der Waals surface area contributed by atoms with Crippen LogP contribution in [0.25, 0.3) is 209 Å². The van der Waals surface area contributed by atoms with E-state index >= 15 is 0 Å². The smallest absolute Gasteiger partial charge is 0.0620 e. The van der Waals surface area contributed by atoms with Gasteiger partial charge in [0.15, 0.2) is 0 Å². The maximum Gasteiger partial charge on any atom is 0.0620 e. The summed E-state index contributed by atoms with van der Waals surface area (Å²) in [4.78, 5) is 4.69. The van der Waals surface area contributed by atoms with E-state index in [1.807, 2.05) is 0 Å². The van der Waals surface area contributed by atoms with E-state index in [2.05, 4.69) is 553 Å². The zero-order chi connectivity index (χ0) is 89.9. The molecule has 0 aliphatic carbocycles. The molecule has 0 aliphatic heterocycles. The maximum atomic E-state index is 2.52. The van der Waals surface area contributed by atoms with E-state index in [4.69, 9.17) is 0 Å². The molecule has 636 valence electrons. The van der Waals surface area contributed by atoms with Gasteiger partial charge < -0.3 is 18.9 Å². The van der Waals surface area contributed by atoms with Gasteiger partial charge in [-0.05, 0) is 257 Å². The Morgan fingerprint density at radius 1 is 0.140 bits per heavy atom. The number of rotatable bonds is 18. The number of benzene rings is 24. The molecule has 26 rings (SSSR count). The minimum Gasteiger partial charge on any atom is -0.311 e. The molecule has 136 heavy (non-hydrogen) atoms. The van der Waals surface area contributed by atoms with Gasteiger partial charge in [-0.15, -0.1) is 0 Å². The number of nitrogens with zero attached hydrogens (tertiary/aromatic N) is 4. The SMILES string of the molecule is c1ccc(-c2ccc(N(c3ccc(-c4ccccc4)cc3)c3ccc(-c4ccc(-n5c(-c6ccccc6)c(-c6ccccc6)c6c7ccc8cccc9ccc(cc65)c7c98)cc4)cc3)cc2)cc1.c1ccc(-c2ccc(N(c3ccc(-c4ccccc4)cc3)c3ccc(-c4ccc(-n5c(-c6ccccc6)c(-c6ccccc6)c6cc7ccc8cccc9ccc(c7c89)c65)cc4)cc3)cc2)cc1. The Balaban J connectivity index is 0.000000145. The third-order valence-electron chi connectivity index (χ3n) is 27.5. The third-order valence-corrected chi connectivity index (χ3v) is 27.5. The molecule has 24 aromatic carbocycles. The van der Waals surface area contributed by atoms with Crippen molar-refractivity contribution in [3.63, 3.8) is 0 Å². The van der Waals surface area contributed by atoms with E-state index in [1.165, 1.54) is 176 Å². The van der Waals surface area contributed by atoms with Crippen LogP contribution in [-0.4, -0.2) is 9.13 Å². The van der Waals surface area contributed by atoms with Crippen LogP contribution in [0.15, 0.2) is 534 Å². The van der Waals surface area contributed by atoms with Crippen LogP contribution < -0.4 is 9.80 Å². The monoisotopic (exact) mass is 1730 g/mol. The zero-order valence-corrected chi connectivity index (χ0v) is 74.6. The molecule has 4 nitrogen and oxygen atoms in total. The molecule has 0 saturated carbocycles. The average Bonchev–Trinajstić information content (AvgIpc) is 1.53. The fraction of sp³-hybridized carbons (Fsp3) is 0. The lowest BCUT2D eigenvalue weighted by Crippen LogP contribution is -2.09. The van der Waals surface area contributed by atoms with Crippen molar-refractivity contribution in [3.05, 3.63) is 534 Å². The van der Waals surface area contributed by atoms with Crippen molar-refractivity contribution in [2.75, 3.05) is 9.80 Å². The van der Waals surface area contributed by atoms with E-state index in [-0.39, 0.29) is 0 Å². The van der Waals surface area contributed by atoms with Crippen LogP contribution in [-0.2, 0) is 0 Å². The first-order valence-corrected chi connectivity index (χ1v) is 46.8. The van der Waals surface area contributed by atoms with Gasteiger partial charge in [-0.3, -0.25) is 0 Å². The first-order chi connectivity index (χ1) is 67.5. The Bertz CT molecular complexity index is 8570. The summed E-state index contributed by atoms with van der Waals surface area (Å²) < 4.78 is 5.02. The van der Waals surface area contributed by atoms with Crippen LogP contribution in [0.1, 0.15) is 0 Å². The molecule has 0 spiro atoms. The van der Waals surface area contributed by atoms with Gasteiger partial charge in [-0.25, -0.2) is 0 Å². The maximum absolute atomic E-state index is 2.52. The molecule has 0 N–H and O–H groups in total. The summed E-state index contributed by atoms with van der Waals surface area (Å²) in [5, 5.41) is 17.9. The van der Waals surface area contributed by atoms with Gasteiger partial charge in [0.2, 0.25) is 0 Å². The normalized spacial score (nSPS) is 11.5. The summed E-state index contributed by atoms with van der Waals surface area (Å²) >= 11 is 0. The van der Waals surface area contributed by atoms with Crippen molar-refractivity contribution in [1.82, 2.24) is 9.13 Å². The van der Waals surface area contributed by atoms with Crippen molar-refractivity contribution in [3.8, 4) is 123 Å². The molecule has 0 unspecified atom stereocenters. The van der Waals surface area contributed by atoms with Crippen LogP contribution in [0.3, 0.4) is 0 Å². The van der Waals surface area contributed by atoms with Gasteiger partial charge in [0.25, 0.3) is 0 Å². The Morgan fingerprint density at radius 2 is 0.382 bits per heavy atom. The summed E-state index contributed by atoms with van der Waals surface area (Å²) in [5.41, 5.74) is 35.1. The van der Waals surface area contributed by atoms with E-state index in [1.54, 1.807) is 0 Å². The standard InChI is InChI=1S/2C66H44N2/c1-5-14-45(15-6-1)47-26-35-56(36-27-47)67(57-37-28-48(29-38-57)46-16-7-2-8-17-46)58-39-30-49(31-40-58)50-32-41-59(42-33-50)68-61-44-55-25-24-52-22-13-23-53-34-43-60(63(55)62(52)53)65(61)64(51-18-9-3-10-19-51)66(68)54-20-11-4-12-21-54;1-5-14-45(15-6-1)47-26-35-56(36-27-47)67(57-37-28-48(29-38-57)46-16-7-2-8-17-46)58-39-30-49(31-40-58)50-32-41-59(42-33-50)68-65(54-20-11-4-12-21-54)64(51-18-9-3-10-19-51)61-44-55-25-24-52-22-13-23-53-34-43-60(66(61)68)63(55)62(52)53/h2*1-44H. The molecule has 0 fully saturated rings. The third kappa shape index (κ3) is 14.4. The van der Waals surface area contributed by atoms with Crippen LogP contribution >= 0.6 is 0 Å². The molecule has 4 heteroatoms. The molecule has 0 radical (unpaired) electrons. The number of aromatic nitrogens is 2. The van der Waals surface area contributed by atoms with Gasteiger partial charge >= 0.3 is 0 Å². The number of hydrogen-bond acceptors (Lipinski definition) is 2. The summed E-state index contributed by atoms with van der Waals surface area (Å²) in [5.74, 6) is 0. The quantitative estimate of drug-likeness (QED) is 0.0796. The lowest BCUT2D eigenvalue weighted by Gasteiger charge is -2.26. The van der Waals surface area contributed by atoms with Gasteiger partial charge in [0.05, 0.1) is 22.4 Å². The van der Waals surface area contributed by atoms with Gasteiger partial charge in [0, 0.05) is 72.8 Å². The molecular formula is C132H88N4. The average molecular weight is 1730 g/mol. The molecule has 0 bridgehead atoms. The first-order valence-electron chi connectivity index (χ1n) is 46.8. The summed E-state index contributed by atoms with van der Waals surface area (Å²) in [7, 11) is 0. The Kier molecular flexibility index (Phi) is 20.3. The molecule has 26 aromatic rings. The van der Waals surface area contributed by atoms with E-state index < -0.39 is 0 Å². The molecule has 2 heterocycles. The predicted molar refractivity (Wildman–Crippen MR) is 578 cm³/mol. The molecular weight excluding hydrogens is 1640 g/mol. The minimum absolute atomic E-state index is 1.09. The van der Waals surface area contributed by atoms with Crippen LogP contribution in [0.5, 0.6) is 0 Å². The topological polar surface area (TPSA) is 16.3 Å². The van der Waals surface area contributed by atoms with Gasteiger partial charge in [-0.1, -0.05) is 425 Å². The minimum atomic E-state index is 1.09.